The quantitative estimate of drug-likeness (QED) is 0.777. The predicted octanol–water partition coefficient (Wildman–Crippen LogP) is 2.94. The first kappa shape index (κ1) is 11.9. The average molecular weight is 242 g/mol. The van der Waals surface area contributed by atoms with E-state index >= 15 is 0 Å². The number of hydrogen-bond donors (Lipinski definition) is 1. The standard InChI is InChI=1S/C12H20ClN3/c1-9(4-3-7-14-11-5-6-11)16-8-12(13)10(2)15-16/h8-9,11,14H,3-7H2,1-2H3. The summed E-state index contributed by atoms with van der Waals surface area (Å²) in [6, 6.07) is 1.25. The first-order chi connectivity index (χ1) is 7.66. The molecule has 0 spiro atoms. The minimum Gasteiger partial charge on any atom is -0.314 e. The van der Waals surface area contributed by atoms with Crippen molar-refractivity contribution >= 4 is 11.6 Å². The van der Waals surface area contributed by atoms with Crippen molar-refractivity contribution in [1.29, 1.82) is 0 Å². The van der Waals surface area contributed by atoms with E-state index in [1.165, 1.54) is 19.3 Å². The molecule has 0 radical (unpaired) electrons. The molecule has 0 amide bonds. The number of rotatable bonds is 6. The van der Waals surface area contributed by atoms with Crippen LogP contribution >= 0.6 is 11.6 Å². The number of nitrogens with one attached hydrogen (secondary N) is 1. The molecule has 90 valence electrons. The van der Waals surface area contributed by atoms with Crippen LogP contribution in [0.25, 0.3) is 0 Å². The molecule has 16 heavy (non-hydrogen) atoms. The SMILES string of the molecule is Cc1nn(C(C)CCCNC2CC2)cc1Cl. The summed E-state index contributed by atoms with van der Waals surface area (Å²) >= 11 is 5.99. The highest BCUT2D eigenvalue weighted by atomic mass is 35.5. The summed E-state index contributed by atoms with van der Waals surface area (Å²) in [4.78, 5) is 0. The highest BCUT2D eigenvalue weighted by molar-refractivity contribution is 6.31. The largest absolute Gasteiger partial charge is 0.314 e. The highest BCUT2D eigenvalue weighted by Gasteiger charge is 2.19. The highest BCUT2D eigenvalue weighted by Crippen LogP contribution is 2.20. The zero-order valence-electron chi connectivity index (χ0n) is 10.0. The van der Waals surface area contributed by atoms with Crippen molar-refractivity contribution in [2.75, 3.05) is 6.54 Å². The van der Waals surface area contributed by atoms with Gasteiger partial charge in [0.25, 0.3) is 0 Å². The van der Waals surface area contributed by atoms with Crippen LogP contribution in [0.15, 0.2) is 6.20 Å². The third kappa shape index (κ3) is 3.22. The molecule has 0 aromatic carbocycles. The van der Waals surface area contributed by atoms with Gasteiger partial charge in [-0.05, 0) is 46.1 Å². The number of aromatic nitrogens is 2. The average Bonchev–Trinajstić information content (AvgIpc) is 3.01. The molecule has 1 N–H and O–H groups in total. The molecule has 1 atom stereocenters. The molecule has 1 aliphatic rings. The van der Waals surface area contributed by atoms with Gasteiger partial charge in [-0.3, -0.25) is 4.68 Å². The van der Waals surface area contributed by atoms with Crippen LogP contribution in [0.2, 0.25) is 5.02 Å². The lowest BCUT2D eigenvalue weighted by molar-refractivity contribution is 0.436. The summed E-state index contributed by atoms with van der Waals surface area (Å²) in [7, 11) is 0. The number of halogens is 1. The molecule has 3 nitrogen and oxygen atoms in total. The van der Waals surface area contributed by atoms with Gasteiger partial charge in [-0.2, -0.15) is 5.10 Å². The zero-order chi connectivity index (χ0) is 11.5. The number of aryl methyl sites for hydroxylation is 1. The van der Waals surface area contributed by atoms with E-state index in [2.05, 4.69) is 17.3 Å². The van der Waals surface area contributed by atoms with Crippen molar-refractivity contribution in [3.63, 3.8) is 0 Å². The maximum atomic E-state index is 5.99. The van der Waals surface area contributed by atoms with Gasteiger partial charge in [0.1, 0.15) is 0 Å². The molecule has 4 heteroatoms. The second kappa shape index (κ2) is 5.19. The fourth-order valence-electron chi connectivity index (χ4n) is 1.81. The fourth-order valence-corrected chi connectivity index (χ4v) is 1.95. The van der Waals surface area contributed by atoms with Crippen LogP contribution in [0, 0.1) is 6.92 Å². The Labute approximate surface area is 102 Å². The van der Waals surface area contributed by atoms with E-state index in [0.29, 0.717) is 6.04 Å². The monoisotopic (exact) mass is 241 g/mol. The smallest absolute Gasteiger partial charge is 0.0815 e. The van der Waals surface area contributed by atoms with Crippen LogP contribution < -0.4 is 5.32 Å². The molecule has 1 aliphatic carbocycles. The summed E-state index contributed by atoms with van der Waals surface area (Å²) in [5, 5.41) is 8.69. The Morgan fingerprint density at radius 3 is 2.94 bits per heavy atom. The number of nitrogens with zero attached hydrogens (tertiary/aromatic N) is 2. The van der Waals surface area contributed by atoms with Gasteiger partial charge in [-0.25, -0.2) is 0 Å². The van der Waals surface area contributed by atoms with Gasteiger partial charge in [0.2, 0.25) is 0 Å². The van der Waals surface area contributed by atoms with E-state index in [9.17, 15) is 0 Å². The van der Waals surface area contributed by atoms with Crippen LogP contribution in [-0.4, -0.2) is 22.4 Å². The molecule has 1 unspecified atom stereocenters. The van der Waals surface area contributed by atoms with Crippen molar-refractivity contribution in [2.24, 2.45) is 0 Å². The second-order valence-electron chi connectivity index (χ2n) is 4.76. The maximum Gasteiger partial charge on any atom is 0.0815 e. The molecule has 1 fully saturated rings. The van der Waals surface area contributed by atoms with Crippen LogP contribution in [0.1, 0.15) is 44.3 Å². The minimum atomic E-state index is 0.437. The minimum absolute atomic E-state index is 0.437. The maximum absolute atomic E-state index is 5.99. The molecular weight excluding hydrogens is 222 g/mol. The normalized spacial score (nSPS) is 17.7. The van der Waals surface area contributed by atoms with Gasteiger partial charge in [0, 0.05) is 18.3 Å². The molecule has 0 aliphatic heterocycles. The van der Waals surface area contributed by atoms with E-state index in [1.54, 1.807) is 0 Å². The van der Waals surface area contributed by atoms with Crippen molar-refractivity contribution in [3.05, 3.63) is 16.9 Å². The Kier molecular flexibility index (Phi) is 3.87. The third-order valence-corrected chi connectivity index (χ3v) is 3.49. The van der Waals surface area contributed by atoms with E-state index < -0.39 is 0 Å². The van der Waals surface area contributed by atoms with E-state index in [0.717, 1.165) is 29.7 Å². The molecule has 0 saturated heterocycles. The third-order valence-electron chi connectivity index (χ3n) is 3.12. The zero-order valence-corrected chi connectivity index (χ0v) is 10.8. The molecule has 2 rings (SSSR count). The second-order valence-corrected chi connectivity index (χ2v) is 5.17. The Balaban J connectivity index is 1.71. The number of hydrogen-bond acceptors (Lipinski definition) is 2. The van der Waals surface area contributed by atoms with Crippen LogP contribution in [0.4, 0.5) is 0 Å². The molecule has 1 heterocycles. The fraction of sp³-hybridized carbons (Fsp3) is 0.750. The van der Waals surface area contributed by atoms with E-state index in [4.69, 9.17) is 11.6 Å². The van der Waals surface area contributed by atoms with Crippen molar-refractivity contribution in [3.8, 4) is 0 Å². The topological polar surface area (TPSA) is 29.9 Å². The lowest BCUT2D eigenvalue weighted by Gasteiger charge is -2.12. The van der Waals surface area contributed by atoms with Crippen molar-refractivity contribution < 1.29 is 0 Å². The van der Waals surface area contributed by atoms with Crippen molar-refractivity contribution in [2.45, 2.75) is 51.6 Å². The predicted molar refractivity (Wildman–Crippen MR) is 66.9 cm³/mol. The Morgan fingerprint density at radius 2 is 2.38 bits per heavy atom. The van der Waals surface area contributed by atoms with E-state index in [-0.39, 0.29) is 0 Å². The van der Waals surface area contributed by atoms with Gasteiger partial charge in [-0.1, -0.05) is 11.6 Å². The Morgan fingerprint density at radius 1 is 1.62 bits per heavy atom. The Hall–Kier alpha value is -0.540. The first-order valence-electron chi connectivity index (χ1n) is 6.11. The molecule has 1 aromatic heterocycles. The van der Waals surface area contributed by atoms with Crippen LogP contribution in [0.3, 0.4) is 0 Å². The van der Waals surface area contributed by atoms with E-state index in [1.807, 2.05) is 17.8 Å². The van der Waals surface area contributed by atoms with Gasteiger partial charge in [0.05, 0.1) is 10.7 Å². The van der Waals surface area contributed by atoms with Gasteiger partial charge in [-0.15, -0.1) is 0 Å². The lowest BCUT2D eigenvalue weighted by Crippen LogP contribution is -2.18. The van der Waals surface area contributed by atoms with Gasteiger partial charge in [0.15, 0.2) is 0 Å². The Bertz CT molecular complexity index is 325. The van der Waals surface area contributed by atoms with Gasteiger partial charge < -0.3 is 5.32 Å². The molecular formula is C12H20ClN3. The lowest BCUT2D eigenvalue weighted by atomic mass is 10.2. The van der Waals surface area contributed by atoms with Gasteiger partial charge >= 0.3 is 0 Å². The summed E-state index contributed by atoms with van der Waals surface area (Å²) in [5.74, 6) is 0. The summed E-state index contributed by atoms with van der Waals surface area (Å²) < 4.78 is 1.98. The molecule has 0 bridgehead atoms. The molecule has 1 aromatic rings. The summed E-state index contributed by atoms with van der Waals surface area (Å²) in [6.45, 7) is 5.27. The van der Waals surface area contributed by atoms with Crippen LogP contribution in [0.5, 0.6) is 0 Å². The van der Waals surface area contributed by atoms with Crippen molar-refractivity contribution in [1.82, 2.24) is 15.1 Å². The first-order valence-corrected chi connectivity index (χ1v) is 6.49. The van der Waals surface area contributed by atoms with Crippen LogP contribution in [-0.2, 0) is 0 Å². The summed E-state index contributed by atoms with van der Waals surface area (Å²) in [6.07, 6.45) is 7.01. The molecule has 1 saturated carbocycles. The summed E-state index contributed by atoms with van der Waals surface area (Å²) in [5.41, 5.74) is 0.921.